The fourth-order valence-corrected chi connectivity index (χ4v) is 2.71. The molecule has 1 aliphatic carbocycles. The van der Waals surface area contributed by atoms with Crippen molar-refractivity contribution in [2.75, 3.05) is 6.54 Å². The molecule has 1 saturated carbocycles. The van der Waals surface area contributed by atoms with E-state index in [0.717, 1.165) is 18.0 Å². The second kappa shape index (κ2) is 4.94. The lowest BCUT2D eigenvalue weighted by atomic mass is 10.0. The summed E-state index contributed by atoms with van der Waals surface area (Å²) in [6.07, 6.45) is 5.99. The molecular formula is C12H17N3S. The molecule has 0 aliphatic heterocycles. The third-order valence-electron chi connectivity index (χ3n) is 3.29. The molecule has 1 N–H and O–H groups in total. The summed E-state index contributed by atoms with van der Waals surface area (Å²) >= 11 is 1.70. The van der Waals surface area contributed by atoms with Gasteiger partial charge in [-0.2, -0.15) is 5.26 Å². The van der Waals surface area contributed by atoms with E-state index >= 15 is 0 Å². The Labute approximate surface area is 101 Å². The number of rotatable bonds is 6. The van der Waals surface area contributed by atoms with Crippen LogP contribution in [-0.2, 0) is 0 Å². The Morgan fingerprint density at radius 3 is 3.00 bits per heavy atom. The smallest absolute Gasteiger partial charge is 0.109 e. The molecule has 1 heterocycles. The molecular weight excluding hydrogens is 218 g/mol. The maximum Gasteiger partial charge on any atom is 0.109 e. The number of nitriles is 1. The Bertz CT molecular complexity index is 362. The highest BCUT2D eigenvalue weighted by Gasteiger charge is 2.42. The average molecular weight is 235 g/mol. The summed E-state index contributed by atoms with van der Waals surface area (Å²) in [4.78, 5) is 4.35. The number of nitrogens with zero attached hydrogens (tertiary/aromatic N) is 2. The maximum absolute atomic E-state index is 8.76. The van der Waals surface area contributed by atoms with Crippen LogP contribution in [0.4, 0.5) is 0 Å². The van der Waals surface area contributed by atoms with Gasteiger partial charge in [0, 0.05) is 24.5 Å². The Morgan fingerprint density at radius 1 is 1.69 bits per heavy atom. The van der Waals surface area contributed by atoms with Crippen LogP contribution >= 0.6 is 11.3 Å². The molecule has 1 atom stereocenters. The first kappa shape index (κ1) is 11.6. The van der Waals surface area contributed by atoms with Crippen molar-refractivity contribution in [3.8, 4) is 6.07 Å². The predicted molar refractivity (Wildman–Crippen MR) is 65.0 cm³/mol. The van der Waals surface area contributed by atoms with Gasteiger partial charge in [0.05, 0.1) is 12.1 Å². The fourth-order valence-electron chi connectivity index (χ4n) is 1.91. The predicted octanol–water partition coefficient (Wildman–Crippen LogP) is 2.88. The van der Waals surface area contributed by atoms with Gasteiger partial charge in [0.2, 0.25) is 0 Å². The Hall–Kier alpha value is -0.920. The van der Waals surface area contributed by atoms with Crippen LogP contribution < -0.4 is 5.32 Å². The van der Waals surface area contributed by atoms with Crippen LogP contribution in [0.2, 0.25) is 0 Å². The Morgan fingerprint density at radius 2 is 2.50 bits per heavy atom. The van der Waals surface area contributed by atoms with E-state index in [1.165, 1.54) is 12.8 Å². The zero-order valence-electron chi connectivity index (χ0n) is 9.57. The van der Waals surface area contributed by atoms with Crippen molar-refractivity contribution < 1.29 is 0 Å². The topological polar surface area (TPSA) is 48.7 Å². The Balaban J connectivity index is 1.87. The SMILES string of the molecule is CCC(NCC1(CC#N)CC1)c1nccs1. The van der Waals surface area contributed by atoms with E-state index in [9.17, 15) is 0 Å². The molecule has 0 radical (unpaired) electrons. The zero-order chi connectivity index (χ0) is 11.4. The summed E-state index contributed by atoms with van der Waals surface area (Å²) in [7, 11) is 0. The highest BCUT2D eigenvalue weighted by molar-refractivity contribution is 7.09. The van der Waals surface area contributed by atoms with E-state index in [-0.39, 0.29) is 5.41 Å². The average Bonchev–Trinajstić information content (AvgIpc) is 2.84. The van der Waals surface area contributed by atoms with Gasteiger partial charge < -0.3 is 5.32 Å². The van der Waals surface area contributed by atoms with Crippen molar-refractivity contribution in [1.29, 1.82) is 5.26 Å². The number of aromatic nitrogens is 1. The van der Waals surface area contributed by atoms with Crippen LogP contribution in [0.3, 0.4) is 0 Å². The van der Waals surface area contributed by atoms with Gasteiger partial charge in [0.1, 0.15) is 5.01 Å². The van der Waals surface area contributed by atoms with Gasteiger partial charge in [-0.15, -0.1) is 11.3 Å². The molecule has 2 rings (SSSR count). The molecule has 16 heavy (non-hydrogen) atoms. The third kappa shape index (κ3) is 2.60. The van der Waals surface area contributed by atoms with Crippen molar-refractivity contribution in [1.82, 2.24) is 10.3 Å². The normalized spacial score (nSPS) is 19.0. The number of thiazole rings is 1. The number of nitrogens with one attached hydrogen (secondary N) is 1. The first-order valence-corrected chi connectivity index (χ1v) is 6.67. The van der Waals surface area contributed by atoms with E-state index in [4.69, 9.17) is 5.26 Å². The van der Waals surface area contributed by atoms with Gasteiger partial charge in [0.15, 0.2) is 0 Å². The third-order valence-corrected chi connectivity index (χ3v) is 4.18. The van der Waals surface area contributed by atoms with Crippen molar-refractivity contribution in [3.05, 3.63) is 16.6 Å². The molecule has 3 nitrogen and oxygen atoms in total. The summed E-state index contributed by atoms with van der Waals surface area (Å²) in [6.45, 7) is 3.13. The van der Waals surface area contributed by atoms with Crippen molar-refractivity contribution in [2.24, 2.45) is 5.41 Å². The van der Waals surface area contributed by atoms with Gasteiger partial charge in [-0.3, -0.25) is 0 Å². The van der Waals surface area contributed by atoms with E-state index < -0.39 is 0 Å². The molecule has 86 valence electrons. The van der Waals surface area contributed by atoms with Crippen LogP contribution in [0.5, 0.6) is 0 Å². The quantitative estimate of drug-likeness (QED) is 0.824. The van der Waals surface area contributed by atoms with Gasteiger partial charge in [-0.05, 0) is 24.7 Å². The largest absolute Gasteiger partial charge is 0.307 e. The van der Waals surface area contributed by atoms with Crippen molar-refractivity contribution in [3.63, 3.8) is 0 Å². The standard InChI is InChI=1S/C12H17N3S/c1-2-10(11-14-7-8-16-11)15-9-12(3-4-12)5-6-13/h7-8,10,15H,2-5,9H2,1H3. The van der Waals surface area contributed by atoms with Gasteiger partial charge >= 0.3 is 0 Å². The van der Waals surface area contributed by atoms with E-state index in [1.54, 1.807) is 11.3 Å². The minimum Gasteiger partial charge on any atom is -0.307 e. The highest BCUT2D eigenvalue weighted by Crippen LogP contribution is 2.48. The molecule has 1 aromatic rings. The molecule has 0 amide bonds. The first-order chi connectivity index (χ1) is 7.79. The van der Waals surface area contributed by atoms with Gasteiger partial charge in [-0.25, -0.2) is 4.98 Å². The maximum atomic E-state index is 8.76. The molecule has 4 heteroatoms. The van der Waals surface area contributed by atoms with Gasteiger partial charge in [0.25, 0.3) is 0 Å². The van der Waals surface area contributed by atoms with E-state index in [1.807, 2.05) is 11.6 Å². The highest BCUT2D eigenvalue weighted by atomic mass is 32.1. The molecule has 1 fully saturated rings. The lowest BCUT2D eigenvalue weighted by molar-refractivity contribution is 0.413. The lowest BCUT2D eigenvalue weighted by Gasteiger charge is -2.18. The summed E-state index contributed by atoms with van der Waals surface area (Å²) in [6, 6.07) is 2.65. The lowest BCUT2D eigenvalue weighted by Crippen LogP contribution is -2.27. The first-order valence-electron chi connectivity index (χ1n) is 5.79. The summed E-state index contributed by atoms with van der Waals surface area (Å²) < 4.78 is 0. The molecule has 0 aromatic carbocycles. The summed E-state index contributed by atoms with van der Waals surface area (Å²) in [5.74, 6) is 0. The minimum atomic E-state index is 0.277. The van der Waals surface area contributed by atoms with Crippen LogP contribution in [0.15, 0.2) is 11.6 Å². The number of hydrogen-bond donors (Lipinski definition) is 1. The molecule has 0 bridgehead atoms. The van der Waals surface area contributed by atoms with Crippen molar-refractivity contribution in [2.45, 2.75) is 38.6 Å². The monoisotopic (exact) mass is 235 g/mol. The molecule has 1 unspecified atom stereocenters. The second-order valence-corrected chi connectivity index (χ2v) is 5.47. The van der Waals surface area contributed by atoms with Crippen LogP contribution in [-0.4, -0.2) is 11.5 Å². The van der Waals surface area contributed by atoms with Crippen LogP contribution in [0.1, 0.15) is 43.7 Å². The van der Waals surface area contributed by atoms with Crippen LogP contribution in [0.25, 0.3) is 0 Å². The summed E-state index contributed by atoms with van der Waals surface area (Å²) in [5, 5.41) is 15.5. The van der Waals surface area contributed by atoms with E-state index in [0.29, 0.717) is 12.5 Å². The summed E-state index contributed by atoms with van der Waals surface area (Å²) in [5.41, 5.74) is 0.277. The minimum absolute atomic E-state index is 0.277. The van der Waals surface area contributed by atoms with Gasteiger partial charge in [-0.1, -0.05) is 6.92 Å². The zero-order valence-corrected chi connectivity index (χ0v) is 10.4. The molecule has 0 saturated heterocycles. The molecule has 1 aromatic heterocycles. The number of hydrogen-bond acceptors (Lipinski definition) is 4. The van der Waals surface area contributed by atoms with Crippen LogP contribution in [0, 0.1) is 16.7 Å². The second-order valence-electron chi connectivity index (χ2n) is 4.55. The van der Waals surface area contributed by atoms with E-state index in [2.05, 4.69) is 23.3 Å². The molecule has 1 aliphatic rings. The Kier molecular flexibility index (Phi) is 3.57. The fraction of sp³-hybridized carbons (Fsp3) is 0.667. The van der Waals surface area contributed by atoms with Crippen molar-refractivity contribution >= 4 is 11.3 Å². The molecule has 0 spiro atoms.